The van der Waals surface area contributed by atoms with E-state index in [0.29, 0.717) is 11.3 Å². The molecule has 0 saturated heterocycles. The fourth-order valence-corrected chi connectivity index (χ4v) is 3.77. The molecule has 0 unspecified atom stereocenters. The maximum absolute atomic E-state index is 13.8. The number of benzene rings is 2. The molecule has 4 rings (SSSR count). The third-order valence-electron chi connectivity index (χ3n) is 5.53. The van der Waals surface area contributed by atoms with Crippen LogP contribution in [0.15, 0.2) is 54.6 Å². The average molecular weight is 444 g/mol. The van der Waals surface area contributed by atoms with Crippen molar-refractivity contribution in [1.82, 2.24) is 9.78 Å². The summed E-state index contributed by atoms with van der Waals surface area (Å²) in [6.45, 7) is 3.51. The second-order valence-electron chi connectivity index (χ2n) is 8.02. The zero-order valence-corrected chi connectivity index (χ0v) is 17.5. The van der Waals surface area contributed by atoms with Gasteiger partial charge in [0.1, 0.15) is 5.82 Å². The number of amides is 1. The number of carbonyl (C=O) groups is 1. The number of hydrogen-bond acceptors (Lipinski definition) is 4. The molecule has 1 aromatic heterocycles. The second kappa shape index (κ2) is 8.31. The predicted octanol–water partition coefficient (Wildman–Crippen LogP) is 5.16. The summed E-state index contributed by atoms with van der Waals surface area (Å²) in [5, 5.41) is 19.4. The molecule has 6 nitrogen and oxygen atoms in total. The molecule has 0 bridgehead atoms. The Kier molecular flexibility index (Phi) is 5.68. The molecule has 3 aromatic rings. The molecular weight excluding hydrogens is 421 g/mol. The van der Waals surface area contributed by atoms with Gasteiger partial charge in [0.2, 0.25) is 0 Å². The minimum Gasteiger partial charge on any atom is -0.389 e. The standard InChI is InChI=1S/C23H23F3N4O2/c1-13-6-8-15(9-7-13)18-11-20(23(24,25)26)30-21(28-18)12-19(29-30)22(32)27-17-5-3-4-16(10-17)14(2)31/h3-10,12,14,18,20,28,31H,11H2,1-2H3,(H,27,32)/t14-,18-,20+/m1/s1. The number of fused-ring (bicyclic) bond motifs is 1. The molecule has 168 valence electrons. The van der Waals surface area contributed by atoms with Gasteiger partial charge in [-0.15, -0.1) is 0 Å². The molecule has 0 spiro atoms. The maximum Gasteiger partial charge on any atom is 0.410 e. The number of nitrogens with zero attached hydrogens (tertiary/aromatic N) is 2. The van der Waals surface area contributed by atoms with Gasteiger partial charge in [0.25, 0.3) is 5.91 Å². The molecule has 9 heteroatoms. The van der Waals surface area contributed by atoms with E-state index in [1.807, 2.05) is 19.1 Å². The number of anilines is 2. The number of aromatic nitrogens is 2. The van der Waals surface area contributed by atoms with E-state index in [9.17, 15) is 23.1 Å². The Morgan fingerprint density at radius 1 is 1.22 bits per heavy atom. The van der Waals surface area contributed by atoms with Gasteiger partial charge in [-0.1, -0.05) is 42.0 Å². The normalized spacial score (nSPS) is 19.1. The van der Waals surface area contributed by atoms with E-state index >= 15 is 0 Å². The van der Waals surface area contributed by atoms with Crippen LogP contribution in [0.5, 0.6) is 0 Å². The SMILES string of the molecule is Cc1ccc([C@H]2C[C@@H](C(F)(F)F)n3nc(C(=O)Nc4cccc([C@@H](C)O)c4)cc3N2)cc1. The van der Waals surface area contributed by atoms with Gasteiger partial charge in [-0.3, -0.25) is 4.79 Å². The highest BCUT2D eigenvalue weighted by molar-refractivity contribution is 6.03. The molecule has 2 heterocycles. The Balaban J connectivity index is 1.62. The Labute approximate surface area is 183 Å². The number of aliphatic hydroxyl groups excluding tert-OH is 1. The van der Waals surface area contributed by atoms with Gasteiger partial charge in [-0.25, -0.2) is 4.68 Å². The molecule has 1 aliphatic rings. The molecule has 0 radical (unpaired) electrons. The molecule has 0 saturated carbocycles. The smallest absolute Gasteiger partial charge is 0.389 e. The first-order valence-corrected chi connectivity index (χ1v) is 10.2. The summed E-state index contributed by atoms with van der Waals surface area (Å²) >= 11 is 0. The summed E-state index contributed by atoms with van der Waals surface area (Å²) in [5.41, 5.74) is 2.64. The number of halogens is 3. The van der Waals surface area contributed by atoms with E-state index in [1.165, 1.54) is 6.07 Å². The van der Waals surface area contributed by atoms with Crippen LogP contribution in [0.3, 0.4) is 0 Å². The summed E-state index contributed by atoms with van der Waals surface area (Å²) in [4.78, 5) is 12.7. The van der Waals surface area contributed by atoms with Crippen LogP contribution in [-0.4, -0.2) is 27.0 Å². The maximum atomic E-state index is 13.8. The fourth-order valence-electron chi connectivity index (χ4n) is 3.77. The number of nitrogens with one attached hydrogen (secondary N) is 2. The van der Waals surface area contributed by atoms with Gasteiger partial charge in [0.15, 0.2) is 11.7 Å². The zero-order chi connectivity index (χ0) is 23.0. The third-order valence-corrected chi connectivity index (χ3v) is 5.53. The minimum absolute atomic E-state index is 0.131. The Morgan fingerprint density at radius 3 is 2.59 bits per heavy atom. The molecular formula is C23H23F3N4O2. The number of carbonyl (C=O) groups excluding carboxylic acids is 1. The van der Waals surface area contributed by atoms with Crippen LogP contribution in [0.25, 0.3) is 0 Å². The molecule has 0 fully saturated rings. The first kappa shape index (κ1) is 21.9. The van der Waals surface area contributed by atoms with Crippen molar-refractivity contribution in [2.75, 3.05) is 10.6 Å². The Bertz CT molecular complexity index is 1120. The number of rotatable bonds is 4. The van der Waals surface area contributed by atoms with E-state index in [2.05, 4.69) is 15.7 Å². The summed E-state index contributed by atoms with van der Waals surface area (Å²) in [7, 11) is 0. The lowest BCUT2D eigenvalue weighted by Gasteiger charge is -2.33. The molecule has 3 N–H and O–H groups in total. The first-order valence-electron chi connectivity index (χ1n) is 10.2. The van der Waals surface area contributed by atoms with Crippen molar-refractivity contribution in [1.29, 1.82) is 0 Å². The van der Waals surface area contributed by atoms with E-state index in [1.54, 1.807) is 43.3 Å². The van der Waals surface area contributed by atoms with Gasteiger partial charge in [0, 0.05) is 18.2 Å². The van der Waals surface area contributed by atoms with Crippen LogP contribution < -0.4 is 10.6 Å². The highest BCUT2D eigenvalue weighted by atomic mass is 19.4. The van der Waals surface area contributed by atoms with E-state index in [0.717, 1.165) is 15.8 Å². The topological polar surface area (TPSA) is 79.2 Å². The first-order chi connectivity index (χ1) is 15.1. The predicted molar refractivity (Wildman–Crippen MR) is 115 cm³/mol. The van der Waals surface area contributed by atoms with Crippen molar-refractivity contribution in [2.45, 2.75) is 44.6 Å². The van der Waals surface area contributed by atoms with Crippen molar-refractivity contribution in [3.63, 3.8) is 0 Å². The van der Waals surface area contributed by atoms with Crippen molar-refractivity contribution in [2.24, 2.45) is 0 Å². The highest BCUT2D eigenvalue weighted by Crippen LogP contribution is 2.43. The van der Waals surface area contributed by atoms with Gasteiger partial charge < -0.3 is 15.7 Å². The van der Waals surface area contributed by atoms with Crippen molar-refractivity contribution < 1.29 is 23.1 Å². The zero-order valence-electron chi connectivity index (χ0n) is 17.5. The number of alkyl halides is 3. The summed E-state index contributed by atoms with van der Waals surface area (Å²) in [6, 6.07) is 12.8. The van der Waals surface area contributed by atoms with Crippen molar-refractivity contribution in [3.05, 3.63) is 77.0 Å². The summed E-state index contributed by atoms with van der Waals surface area (Å²) in [5.74, 6) is -0.503. The fraction of sp³-hybridized carbons (Fsp3) is 0.304. The molecule has 2 aromatic carbocycles. The van der Waals surface area contributed by atoms with Crippen LogP contribution >= 0.6 is 0 Å². The van der Waals surface area contributed by atoms with Crippen LogP contribution in [0.2, 0.25) is 0 Å². The Morgan fingerprint density at radius 2 is 1.94 bits per heavy atom. The van der Waals surface area contributed by atoms with Gasteiger partial charge >= 0.3 is 6.18 Å². The number of aryl methyl sites for hydroxylation is 1. The Hall–Kier alpha value is -3.33. The van der Waals surface area contributed by atoms with E-state index < -0.39 is 30.3 Å². The largest absolute Gasteiger partial charge is 0.410 e. The molecule has 32 heavy (non-hydrogen) atoms. The molecule has 1 amide bonds. The monoisotopic (exact) mass is 444 g/mol. The van der Waals surface area contributed by atoms with Crippen molar-refractivity contribution >= 4 is 17.4 Å². The van der Waals surface area contributed by atoms with Gasteiger partial charge in [-0.2, -0.15) is 18.3 Å². The van der Waals surface area contributed by atoms with Gasteiger partial charge in [-0.05, 0) is 37.1 Å². The summed E-state index contributed by atoms with van der Waals surface area (Å²) in [6.07, 6.45) is -5.48. The molecule has 3 atom stereocenters. The number of aliphatic hydroxyl groups is 1. The van der Waals surface area contributed by atoms with Gasteiger partial charge in [0.05, 0.1) is 12.1 Å². The second-order valence-corrected chi connectivity index (χ2v) is 8.02. The lowest BCUT2D eigenvalue weighted by Crippen LogP contribution is -2.35. The third kappa shape index (κ3) is 4.47. The minimum atomic E-state index is -4.52. The molecule has 0 aliphatic carbocycles. The lowest BCUT2D eigenvalue weighted by molar-refractivity contribution is -0.173. The number of hydrogen-bond donors (Lipinski definition) is 3. The van der Waals surface area contributed by atoms with Crippen molar-refractivity contribution in [3.8, 4) is 0 Å². The highest BCUT2D eigenvalue weighted by Gasteiger charge is 2.46. The quantitative estimate of drug-likeness (QED) is 0.520. The summed E-state index contributed by atoms with van der Waals surface area (Å²) < 4.78 is 42.4. The average Bonchev–Trinajstić information content (AvgIpc) is 3.17. The molecule has 1 aliphatic heterocycles. The van der Waals surface area contributed by atoms with E-state index in [4.69, 9.17) is 0 Å². The van der Waals surface area contributed by atoms with Crippen LogP contribution in [0, 0.1) is 6.92 Å². The van der Waals surface area contributed by atoms with Crippen LogP contribution in [-0.2, 0) is 0 Å². The van der Waals surface area contributed by atoms with E-state index in [-0.39, 0.29) is 17.9 Å². The van der Waals surface area contributed by atoms with Crippen LogP contribution in [0.4, 0.5) is 24.7 Å². The van der Waals surface area contributed by atoms with Crippen LogP contribution in [0.1, 0.15) is 58.7 Å². The lowest BCUT2D eigenvalue weighted by atomic mass is 9.96.